The second-order valence-corrected chi connectivity index (χ2v) is 7.54. The molecule has 0 spiro atoms. The van der Waals surface area contributed by atoms with Gasteiger partial charge in [-0.15, -0.1) is 0 Å². The van der Waals surface area contributed by atoms with Crippen LogP contribution in [0.5, 0.6) is 0 Å². The molecule has 0 aliphatic rings. The van der Waals surface area contributed by atoms with Gasteiger partial charge in [0, 0.05) is 17.1 Å². The summed E-state index contributed by atoms with van der Waals surface area (Å²) in [5.41, 5.74) is 5.86. The van der Waals surface area contributed by atoms with Crippen LogP contribution in [0.2, 0.25) is 0 Å². The van der Waals surface area contributed by atoms with E-state index in [1.54, 1.807) is 0 Å². The molecule has 0 fully saturated rings. The van der Waals surface area contributed by atoms with Gasteiger partial charge in [-0.05, 0) is 64.4 Å². The summed E-state index contributed by atoms with van der Waals surface area (Å²) in [6, 6.07) is 44.7. The van der Waals surface area contributed by atoms with E-state index in [1.165, 1.54) is 21.9 Å². The Morgan fingerprint density at radius 3 is 1.55 bits per heavy atom. The van der Waals surface area contributed by atoms with E-state index in [2.05, 4.69) is 138 Å². The van der Waals surface area contributed by atoms with Crippen LogP contribution in [-0.2, 0) is 0 Å². The fourth-order valence-electron chi connectivity index (χ4n) is 3.85. The number of rotatable bonds is 5. The summed E-state index contributed by atoms with van der Waals surface area (Å²) in [6.07, 6.45) is 4.32. The molecule has 0 atom stereocenters. The standard InChI is InChI=1S/C30H23N/c1-4-10-24(11-5-1)16-17-25-18-19-27-23-30(21-20-26(27)22-25)31(28-12-6-2-7-13-28)29-14-8-3-9-15-29/h1-23H/b17-16+. The first kappa shape index (κ1) is 18.9. The van der Waals surface area contributed by atoms with Crippen LogP contribution in [0.3, 0.4) is 0 Å². The van der Waals surface area contributed by atoms with Crippen molar-refractivity contribution in [3.05, 3.63) is 139 Å². The zero-order valence-corrected chi connectivity index (χ0v) is 17.2. The van der Waals surface area contributed by atoms with Crippen LogP contribution in [0.25, 0.3) is 22.9 Å². The molecule has 0 aliphatic carbocycles. The Balaban J connectivity index is 1.51. The summed E-state index contributed by atoms with van der Waals surface area (Å²) in [5, 5.41) is 2.46. The van der Waals surface area contributed by atoms with Gasteiger partial charge in [-0.3, -0.25) is 0 Å². The highest BCUT2D eigenvalue weighted by atomic mass is 15.1. The number of anilines is 3. The van der Waals surface area contributed by atoms with Crippen molar-refractivity contribution in [1.29, 1.82) is 0 Å². The molecule has 5 aromatic carbocycles. The van der Waals surface area contributed by atoms with Gasteiger partial charge in [0.2, 0.25) is 0 Å². The lowest BCUT2D eigenvalue weighted by Crippen LogP contribution is -2.09. The third-order valence-corrected chi connectivity index (χ3v) is 5.40. The fraction of sp³-hybridized carbons (Fsp3) is 0. The maximum absolute atomic E-state index is 2.29. The van der Waals surface area contributed by atoms with Crippen molar-refractivity contribution >= 4 is 40.0 Å². The fourth-order valence-corrected chi connectivity index (χ4v) is 3.85. The van der Waals surface area contributed by atoms with Crippen LogP contribution in [0, 0.1) is 0 Å². The maximum atomic E-state index is 2.29. The lowest BCUT2D eigenvalue weighted by Gasteiger charge is -2.25. The van der Waals surface area contributed by atoms with Crippen LogP contribution in [0.15, 0.2) is 127 Å². The predicted molar refractivity (Wildman–Crippen MR) is 134 cm³/mol. The van der Waals surface area contributed by atoms with Crippen molar-refractivity contribution in [2.45, 2.75) is 0 Å². The second-order valence-electron chi connectivity index (χ2n) is 7.54. The second kappa shape index (κ2) is 8.73. The Hall–Kier alpha value is -4.10. The molecule has 0 saturated carbocycles. The van der Waals surface area contributed by atoms with E-state index in [0.29, 0.717) is 0 Å². The van der Waals surface area contributed by atoms with Crippen molar-refractivity contribution in [2.75, 3.05) is 4.90 Å². The molecule has 0 amide bonds. The third-order valence-electron chi connectivity index (χ3n) is 5.40. The monoisotopic (exact) mass is 397 g/mol. The Labute approximate surface area is 183 Å². The summed E-state index contributed by atoms with van der Waals surface area (Å²) in [7, 11) is 0. The summed E-state index contributed by atoms with van der Waals surface area (Å²) in [4.78, 5) is 2.29. The van der Waals surface area contributed by atoms with E-state index < -0.39 is 0 Å². The van der Waals surface area contributed by atoms with E-state index in [-0.39, 0.29) is 0 Å². The van der Waals surface area contributed by atoms with Gasteiger partial charge in [0.15, 0.2) is 0 Å². The topological polar surface area (TPSA) is 3.24 Å². The zero-order valence-electron chi connectivity index (χ0n) is 17.2. The SMILES string of the molecule is C(=C\c1ccc2cc(N(c3ccccc3)c3ccccc3)ccc2c1)/c1ccccc1. The molecule has 0 bridgehead atoms. The minimum absolute atomic E-state index is 1.15. The highest BCUT2D eigenvalue weighted by Crippen LogP contribution is 2.35. The molecular formula is C30H23N. The maximum Gasteiger partial charge on any atom is 0.0468 e. The number of hydrogen-bond donors (Lipinski definition) is 0. The molecule has 1 nitrogen and oxygen atoms in total. The molecular weight excluding hydrogens is 374 g/mol. The number of fused-ring (bicyclic) bond motifs is 1. The van der Waals surface area contributed by atoms with Gasteiger partial charge in [-0.2, -0.15) is 0 Å². The van der Waals surface area contributed by atoms with Gasteiger partial charge in [-0.25, -0.2) is 0 Å². The quantitative estimate of drug-likeness (QED) is 0.269. The average Bonchev–Trinajstić information content (AvgIpc) is 2.85. The third kappa shape index (κ3) is 4.26. The summed E-state index contributed by atoms with van der Waals surface area (Å²) >= 11 is 0. The molecule has 0 radical (unpaired) electrons. The highest BCUT2D eigenvalue weighted by Gasteiger charge is 2.12. The Morgan fingerprint density at radius 1 is 0.387 bits per heavy atom. The lowest BCUT2D eigenvalue weighted by atomic mass is 10.0. The first-order chi connectivity index (χ1) is 15.4. The average molecular weight is 398 g/mol. The van der Waals surface area contributed by atoms with Crippen LogP contribution in [0.1, 0.15) is 11.1 Å². The molecule has 5 rings (SSSR count). The van der Waals surface area contributed by atoms with Gasteiger partial charge in [0.05, 0.1) is 0 Å². The zero-order chi connectivity index (χ0) is 20.9. The minimum atomic E-state index is 1.15. The van der Waals surface area contributed by atoms with E-state index in [0.717, 1.165) is 17.1 Å². The molecule has 148 valence electrons. The Kier molecular flexibility index (Phi) is 5.32. The molecule has 0 aromatic heterocycles. The van der Waals surface area contributed by atoms with Crippen LogP contribution in [0.4, 0.5) is 17.1 Å². The van der Waals surface area contributed by atoms with Gasteiger partial charge < -0.3 is 4.90 Å². The van der Waals surface area contributed by atoms with Gasteiger partial charge in [0.25, 0.3) is 0 Å². The molecule has 0 heterocycles. The Bertz CT molecular complexity index is 1270. The van der Waals surface area contributed by atoms with E-state index >= 15 is 0 Å². The van der Waals surface area contributed by atoms with Crippen LogP contribution in [-0.4, -0.2) is 0 Å². The van der Waals surface area contributed by atoms with E-state index in [9.17, 15) is 0 Å². The number of hydrogen-bond acceptors (Lipinski definition) is 1. The van der Waals surface area contributed by atoms with Crippen molar-refractivity contribution in [3.8, 4) is 0 Å². The van der Waals surface area contributed by atoms with Crippen LogP contribution < -0.4 is 4.90 Å². The molecule has 1 heteroatoms. The summed E-state index contributed by atoms with van der Waals surface area (Å²) < 4.78 is 0. The summed E-state index contributed by atoms with van der Waals surface area (Å²) in [5.74, 6) is 0. The molecule has 5 aromatic rings. The van der Waals surface area contributed by atoms with Gasteiger partial charge in [0.1, 0.15) is 0 Å². The summed E-state index contributed by atoms with van der Waals surface area (Å²) in [6.45, 7) is 0. The number of benzene rings is 5. The van der Waals surface area contributed by atoms with Gasteiger partial charge in [-0.1, -0.05) is 97.1 Å². The van der Waals surface area contributed by atoms with Gasteiger partial charge >= 0.3 is 0 Å². The first-order valence-electron chi connectivity index (χ1n) is 10.5. The number of para-hydroxylation sites is 2. The largest absolute Gasteiger partial charge is 0.310 e. The minimum Gasteiger partial charge on any atom is -0.310 e. The normalized spacial score (nSPS) is 11.1. The van der Waals surface area contributed by atoms with Crippen molar-refractivity contribution in [3.63, 3.8) is 0 Å². The molecule has 0 aliphatic heterocycles. The van der Waals surface area contributed by atoms with Crippen molar-refractivity contribution in [2.24, 2.45) is 0 Å². The number of nitrogens with zero attached hydrogens (tertiary/aromatic N) is 1. The smallest absolute Gasteiger partial charge is 0.0468 e. The highest BCUT2D eigenvalue weighted by molar-refractivity contribution is 5.91. The lowest BCUT2D eigenvalue weighted by molar-refractivity contribution is 1.29. The van der Waals surface area contributed by atoms with Crippen molar-refractivity contribution in [1.82, 2.24) is 0 Å². The molecule has 0 N–H and O–H groups in total. The van der Waals surface area contributed by atoms with Crippen LogP contribution >= 0.6 is 0 Å². The first-order valence-corrected chi connectivity index (χ1v) is 10.5. The van der Waals surface area contributed by atoms with E-state index in [4.69, 9.17) is 0 Å². The molecule has 0 saturated heterocycles. The molecule has 0 unspecified atom stereocenters. The molecule has 31 heavy (non-hydrogen) atoms. The predicted octanol–water partition coefficient (Wildman–Crippen LogP) is 8.48. The van der Waals surface area contributed by atoms with Crippen molar-refractivity contribution < 1.29 is 0 Å². The Morgan fingerprint density at radius 2 is 0.903 bits per heavy atom. The van der Waals surface area contributed by atoms with E-state index in [1.807, 2.05) is 6.07 Å².